The number of amides is 2. The van der Waals surface area contributed by atoms with E-state index in [0.29, 0.717) is 18.7 Å². The molecule has 1 atom stereocenters. The van der Waals surface area contributed by atoms with E-state index >= 15 is 8.78 Å². The summed E-state index contributed by atoms with van der Waals surface area (Å²) >= 11 is 6.17. The third-order valence-electron chi connectivity index (χ3n) is 7.85. The van der Waals surface area contributed by atoms with E-state index in [1.54, 1.807) is 21.9 Å². The second-order valence-electron chi connectivity index (χ2n) is 10.8. The Bertz CT molecular complexity index is 1650. The highest BCUT2D eigenvalue weighted by atomic mass is 35.5. The van der Waals surface area contributed by atoms with Crippen molar-refractivity contribution < 1.29 is 31.9 Å². The van der Waals surface area contributed by atoms with Crippen molar-refractivity contribution in [3.05, 3.63) is 82.5 Å². The van der Waals surface area contributed by atoms with Gasteiger partial charge in [-0.2, -0.15) is 13.1 Å². The van der Waals surface area contributed by atoms with Crippen LogP contribution in [0.1, 0.15) is 34.3 Å². The molecular formula is C30H33ClF2N6O5S. The summed E-state index contributed by atoms with van der Waals surface area (Å²) in [4.78, 5) is 31.9. The van der Waals surface area contributed by atoms with Crippen LogP contribution >= 0.6 is 11.6 Å². The maximum absolute atomic E-state index is 15.6. The zero-order chi connectivity index (χ0) is 32.4. The standard InChI is InChI=1S/C30H33ClF2N6O5S/c31-26-16-22(30(32,33)21-5-3-20(4-6-21)29(42)35-19-24(40)18-34)17-27(36-26)37-12-14-38(15-13-37)45(43,44)25-9-7-23(8-10-25)39-11-1-2-28(39)41/h3-10,16-17,24,40H,1-2,11-15,18-19,34H2,(H,35,42). The summed E-state index contributed by atoms with van der Waals surface area (Å²) in [6.07, 6.45) is 0.323. The van der Waals surface area contributed by atoms with E-state index in [9.17, 15) is 23.1 Å². The molecule has 1 aromatic heterocycles. The van der Waals surface area contributed by atoms with E-state index in [1.165, 1.54) is 34.6 Å². The maximum atomic E-state index is 15.6. The molecule has 15 heteroatoms. The number of anilines is 2. The van der Waals surface area contributed by atoms with Crippen LogP contribution < -0.4 is 20.9 Å². The zero-order valence-corrected chi connectivity index (χ0v) is 25.8. The molecule has 5 rings (SSSR count). The minimum Gasteiger partial charge on any atom is -0.390 e. The fraction of sp³-hybridized carbons (Fsp3) is 0.367. The molecule has 11 nitrogen and oxygen atoms in total. The number of carbonyl (C=O) groups excluding carboxylic acids is 2. The number of nitrogens with two attached hydrogens (primary N) is 1. The Morgan fingerprint density at radius 3 is 2.29 bits per heavy atom. The quantitative estimate of drug-likeness (QED) is 0.281. The Morgan fingerprint density at radius 1 is 1.02 bits per heavy atom. The number of benzene rings is 2. The molecule has 2 aromatic carbocycles. The van der Waals surface area contributed by atoms with Gasteiger partial charge < -0.3 is 26.0 Å². The SMILES string of the molecule is NCC(O)CNC(=O)c1ccc(C(F)(F)c2cc(Cl)nc(N3CCN(S(=O)(=O)c4ccc(N5CCCC5=O)cc4)CC3)c2)cc1. The lowest BCUT2D eigenvalue weighted by atomic mass is 9.99. The summed E-state index contributed by atoms with van der Waals surface area (Å²) < 4.78 is 59.2. The second-order valence-corrected chi connectivity index (χ2v) is 13.1. The highest BCUT2D eigenvalue weighted by molar-refractivity contribution is 7.89. The summed E-state index contributed by atoms with van der Waals surface area (Å²) in [5, 5.41) is 11.8. The molecule has 1 unspecified atom stereocenters. The number of carbonyl (C=O) groups is 2. The number of nitrogens with zero attached hydrogens (tertiary/aromatic N) is 4. The number of piperazine rings is 1. The second kappa shape index (κ2) is 13.3. The number of aliphatic hydroxyl groups excluding tert-OH is 1. The molecule has 4 N–H and O–H groups in total. The molecule has 2 aliphatic heterocycles. The van der Waals surface area contributed by atoms with Crippen molar-refractivity contribution in [3.8, 4) is 0 Å². The van der Waals surface area contributed by atoms with E-state index in [1.807, 2.05) is 0 Å². The number of alkyl halides is 2. The molecule has 0 bridgehead atoms. The maximum Gasteiger partial charge on any atom is 0.298 e. The zero-order valence-electron chi connectivity index (χ0n) is 24.2. The van der Waals surface area contributed by atoms with Gasteiger partial charge in [0.25, 0.3) is 11.8 Å². The van der Waals surface area contributed by atoms with Crippen LogP contribution in [0.5, 0.6) is 0 Å². The van der Waals surface area contributed by atoms with Crippen LogP contribution in [0.25, 0.3) is 0 Å². The number of sulfonamides is 1. The first-order chi connectivity index (χ1) is 21.4. The van der Waals surface area contributed by atoms with Gasteiger partial charge in [0, 0.05) is 74.6 Å². The van der Waals surface area contributed by atoms with Gasteiger partial charge >= 0.3 is 0 Å². The average molecular weight is 663 g/mol. The van der Waals surface area contributed by atoms with Gasteiger partial charge in [-0.25, -0.2) is 13.4 Å². The molecule has 0 aliphatic carbocycles. The molecule has 2 fully saturated rings. The number of pyridine rings is 1. The summed E-state index contributed by atoms with van der Waals surface area (Å²) in [6.45, 7) is 1.09. The Morgan fingerprint density at radius 2 is 1.69 bits per heavy atom. The first kappa shape index (κ1) is 32.7. The minimum absolute atomic E-state index is 0.0103. The lowest BCUT2D eigenvalue weighted by molar-refractivity contribution is -0.117. The van der Waals surface area contributed by atoms with Crippen LogP contribution in [-0.4, -0.2) is 86.5 Å². The van der Waals surface area contributed by atoms with Gasteiger partial charge in [0.2, 0.25) is 15.9 Å². The van der Waals surface area contributed by atoms with Crippen LogP contribution in [0.15, 0.2) is 65.6 Å². The van der Waals surface area contributed by atoms with Gasteiger partial charge in [-0.15, -0.1) is 0 Å². The molecule has 0 spiro atoms. The number of halogens is 3. The van der Waals surface area contributed by atoms with Crippen LogP contribution in [-0.2, 0) is 20.7 Å². The lowest BCUT2D eigenvalue weighted by Gasteiger charge is -2.35. The average Bonchev–Trinajstić information content (AvgIpc) is 3.48. The fourth-order valence-electron chi connectivity index (χ4n) is 5.25. The molecular weight excluding hydrogens is 630 g/mol. The monoisotopic (exact) mass is 662 g/mol. The molecule has 0 saturated carbocycles. The van der Waals surface area contributed by atoms with Crippen molar-refractivity contribution in [3.63, 3.8) is 0 Å². The predicted octanol–water partition coefficient (Wildman–Crippen LogP) is 2.56. The van der Waals surface area contributed by atoms with Gasteiger partial charge in [0.1, 0.15) is 11.0 Å². The Hall–Kier alpha value is -3.69. The number of rotatable bonds is 10. The van der Waals surface area contributed by atoms with Crippen molar-refractivity contribution in [1.29, 1.82) is 0 Å². The van der Waals surface area contributed by atoms with Crippen LogP contribution in [0.4, 0.5) is 20.3 Å². The fourth-order valence-corrected chi connectivity index (χ4v) is 6.87. The van der Waals surface area contributed by atoms with E-state index in [4.69, 9.17) is 17.3 Å². The van der Waals surface area contributed by atoms with Crippen molar-refractivity contribution in [2.45, 2.75) is 29.8 Å². The van der Waals surface area contributed by atoms with E-state index < -0.39 is 33.5 Å². The van der Waals surface area contributed by atoms with Crippen LogP contribution in [0.3, 0.4) is 0 Å². The van der Waals surface area contributed by atoms with Crippen molar-refractivity contribution in [1.82, 2.24) is 14.6 Å². The molecule has 240 valence electrons. The molecule has 0 radical (unpaired) electrons. The van der Waals surface area contributed by atoms with Gasteiger partial charge in [0.05, 0.1) is 11.0 Å². The normalized spacial score (nSPS) is 17.0. The number of hydrogen-bond acceptors (Lipinski definition) is 8. The molecule has 2 amide bonds. The predicted molar refractivity (Wildman–Crippen MR) is 165 cm³/mol. The van der Waals surface area contributed by atoms with Crippen LogP contribution in [0, 0.1) is 0 Å². The Labute approximate surface area is 264 Å². The van der Waals surface area contributed by atoms with E-state index in [-0.39, 0.29) is 72.2 Å². The summed E-state index contributed by atoms with van der Waals surface area (Å²) in [6, 6.07) is 13.3. The van der Waals surface area contributed by atoms with Gasteiger partial charge in [-0.3, -0.25) is 9.59 Å². The number of aromatic nitrogens is 1. The molecule has 45 heavy (non-hydrogen) atoms. The van der Waals surface area contributed by atoms with E-state index in [0.717, 1.165) is 24.6 Å². The van der Waals surface area contributed by atoms with Crippen molar-refractivity contribution in [2.75, 3.05) is 55.6 Å². The summed E-state index contributed by atoms with van der Waals surface area (Å²) in [5.41, 5.74) is 5.33. The topological polar surface area (TPSA) is 149 Å². The molecule has 2 aliphatic rings. The third kappa shape index (κ3) is 7.10. The first-order valence-corrected chi connectivity index (χ1v) is 16.2. The number of aliphatic hydroxyl groups is 1. The molecule has 3 heterocycles. The highest BCUT2D eigenvalue weighted by Gasteiger charge is 2.36. The number of nitrogens with one attached hydrogen (secondary N) is 1. The first-order valence-electron chi connectivity index (χ1n) is 14.4. The van der Waals surface area contributed by atoms with Gasteiger partial charge in [-0.05, 0) is 55.0 Å². The lowest BCUT2D eigenvalue weighted by Crippen LogP contribution is -2.49. The summed E-state index contributed by atoms with van der Waals surface area (Å²) in [7, 11) is -3.83. The van der Waals surface area contributed by atoms with Crippen molar-refractivity contribution in [2.24, 2.45) is 5.73 Å². The summed E-state index contributed by atoms with van der Waals surface area (Å²) in [5.74, 6) is -3.83. The highest BCUT2D eigenvalue weighted by Crippen LogP contribution is 2.38. The van der Waals surface area contributed by atoms with E-state index in [2.05, 4.69) is 10.3 Å². The minimum atomic E-state index is -3.83. The van der Waals surface area contributed by atoms with Crippen molar-refractivity contribution >= 4 is 44.9 Å². The Balaban J connectivity index is 1.25. The number of hydrogen-bond donors (Lipinski definition) is 3. The largest absolute Gasteiger partial charge is 0.390 e. The molecule has 2 saturated heterocycles. The van der Waals surface area contributed by atoms with Gasteiger partial charge in [0.15, 0.2) is 0 Å². The third-order valence-corrected chi connectivity index (χ3v) is 9.95. The molecule has 3 aromatic rings. The smallest absolute Gasteiger partial charge is 0.298 e. The Kier molecular flexibility index (Phi) is 9.70. The van der Waals surface area contributed by atoms with Gasteiger partial charge in [-0.1, -0.05) is 23.7 Å². The van der Waals surface area contributed by atoms with Crippen LogP contribution in [0.2, 0.25) is 5.15 Å².